The van der Waals surface area contributed by atoms with E-state index in [9.17, 15) is 4.79 Å². The molecule has 1 heterocycles. The Hall–Kier alpha value is -1.35. The summed E-state index contributed by atoms with van der Waals surface area (Å²) >= 11 is 0. The maximum atomic E-state index is 10.8. The molecule has 1 aromatic carbocycles. The Morgan fingerprint density at radius 1 is 1.28 bits per heavy atom. The van der Waals surface area contributed by atoms with E-state index in [1.165, 1.54) is 24.8 Å². The lowest BCUT2D eigenvalue weighted by atomic mass is 10.0. The molecule has 3 heteroatoms. The van der Waals surface area contributed by atoms with Crippen LogP contribution in [0.5, 0.6) is 0 Å². The molecule has 1 atom stereocenters. The van der Waals surface area contributed by atoms with E-state index in [0.717, 1.165) is 25.6 Å². The van der Waals surface area contributed by atoms with Crippen molar-refractivity contribution >= 4 is 5.97 Å². The van der Waals surface area contributed by atoms with Crippen molar-refractivity contribution in [2.24, 2.45) is 5.92 Å². The normalized spacial score (nSPS) is 21.5. The van der Waals surface area contributed by atoms with E-state index in [1.807, 2.05) is 12.1 Å². The number of aromatic carboxylic acids is 1. The minimum Gasteiger partial charge on any atom is -0.478 e. The topological polar surface area (TPSA) is 40.5 Å². The van der Waals surface area contributed by atoms with Gasteiger partial charge in [0.2, 0.25) is 0 Å². The van der Waals surface area contributed by atoms with Crippen LogP contribution < -0.4 is 0 Å². The Balaban J connectivity index is 1.94. The Morgan fingerprint density at radius 2 is 2.00 bits per heavy atom. The molecule has 1 unspecified atom stereocenters. The molecular weight excluding hydrogens is 226 g/mol. The quantitative estimate of drug-likeness (QED) is 0.892. The van der Waals surface area contributed by atoms with Gasteiger partial charge in [0.25, 0.3) is 0 Å². The molecule has 0 amide bonds. The molecule has 1 fully saturated rings. The Kier molecular flexibility index (Phi) is 4.37. The number of nitrogens with zero attached hydrogens (tertiary/aromatic N) is 1. The summed E-state index contributed by atoms with van der Waals surface area (Å²) < 4.78 is 0. The van der Waals surface area contributed by atoms with Gasteiger partial charge in [-0.25, -0.2) is 4.79 Å². The number of rotatable bonds is 3. The van der Waals surface area contributed by atoms with Gasteiger partial charge in [-0.15, -0.1) is 0 Å². The third-order valence-electron chi connectivity index (χ3n) is 3.72. The Morgan fingerprint density at radius 3 is 2.67 bits per heavy atom. The molecular formula is C15H21NO2. The molecule has 0 bridgehead atoms. The maximum Gasteiger partial charge on any atom is 0.335 e. The van der Waals surface area contributed by atoms with Crippen LogP contribution in [0, 0.1) is 5.92 Å². The minimum absolute atomic E-state index is 0.364. The van der Waals surface area contributed by atoms with Gasteiger partial charge in [-0.2, -0.15) is 0 Å². The number of benzene rings is 1. The molecule has 0 aliphatic carbocycles. The van der Waals surface area contributed by atoms with Gasteiger partial charge < -0.3 is 5.11 Å². The first-order valence-electron chi connectivity index (χ1n) is 6.70. The van der Waals surface area contributed by atoms with Gasteiger partial charge in [-0.1, -0.05) is 19.1 Å². The highest BCUT2D eigenvalue weighted by molar-refractivity contribution is 5.87. The number of carboxylic acids is 1. The van der Waals surface area contributed by atoms with Crippen molar-refractivity contribution in [2.75, 3.05) is 13.1 Å². The van der Waals surface area contributed by atoms with Gasteiger partial charge in [0, 0.05) is 6.54 Å². The van der Waals surface area contributed by atoms with Crippen molar-refractivity contribution in [3.05, 3.63) is 35.4 Å². The summed E-state index contributed by atoms with van der Waals surface area (Å²) in [6.45, 7) is 5.57. The summed E-state index contributed by atoms with van der Waals surface area (Å²) in [5.41, 5.74) is 1.57. The van der Waals surface area contributed by atoms with E-state index in [2.05, 4.69) is 11.8 Å². The standard InChI is InChI=1S/C15H21NO2/c1-12-3-2-9-16(10-8-12)11-13-4-6-14(7-5-13)15(17)18/h4-7,12H,2-3,8-11H2,1H3,(H,17,18). The van der Waals surface area contributed by atoms with E-state index < -0.39 is 5.97 Å². The van der Waals surface area contributed by atoms with Crippen LogP contribution in [-0.2, 0) is 6.54 Å². The highest BCUT2D eigenvalue weighted by Gasteiger charge is 2.13. The number of likely N-dealkylation sites (tertiary alicyclic amines) is 1. The molecule has 1 aliphatic heterocycles. The largest absolute Gasteiger partial charge is 0.478 e. The van der Waals surface area contributed by atoms with Gasteiger partial charge in [-0.05, 0) is 56.0 Å². The lowest BCUT2D eigenvalue weighted by molar-refractivity contribution is 0.0697. The summed E-state index contributed by atoms with van der Waals surface area (Å²) in [6.07, 6.45) is 3.87. The van der Waals surface area contributed by atoms with Gasteiger partial charge in [-0.3, -0.25) is 4.90 Å². The zero-order valence-electron chi connectivity index (χ0n) is 10.9. The van der Waals surface area contributed by atoms with Crippen molar-refractivity contribution in [3.8, 4) is 0 Å². The zero-order valence-corrected chi connectivity index (χ0v) is 10.9. The second-order valence-electron chi connectivity index (χ2n) is 5.31. The molecule has 1 N–H and O–H groups in total. The van der Waals surface area contributed by atoms with Crippen LogP contribution in [-0.4, -0.2) is 29.1 Å². The van der Waals surface area contributed by atoms with E-state index in [1.54, 1.807) is 12.1 Å². The number of carboxylic acid groups (broad SMARTS) is 1. The summed E-state index contributed by atoms with van der Waals surface area (Å²) in [5, 5.41) is 8.85. The van der Waals surface area contributed by atoms with Crippen molar-refractivity contribution < 1.29 is 9.90 Å². The highest BCUT2D eigenvalue weighted by atomic mass is 16.4. The fourth-order valence-electron chi connectivity index (χ4n) is 2.49. The molecule has 1 aliphatic rings. The van der Waals surface area contributed by atoms with Crippen LogP contribution in [0.4, 0.5) is 0 Å². The first-order chi connectivity index (χ1) is 8.65. The predicted molar refractivity (Wildman–Crippen MR) is 71.7 cm³/mol. The average molecular weight is 247 g/mol. The first kappa shape index (κ1) is 13.1. The van der Waals surface area contributed by atoms with Gasteiger partial charge in [0.05, 0.1) is 5.56 Å². The molecule has 1 aromatic rings. The van der Waals surface area contributed by atoms with Crippen LogP contribution in [0.15, 0.2) is 24.3 Å². The Bertz CT molecular complexity index is 399. The SMILES string of the molecule is CC1CCCN(Cc2ccc(C(=O)O)cc2)CC1. The lowest BCUT2D eigenvalue weighted by Gasteiger charge is -2.20. The molecule has 3 nitrogen and oxygen atoms in total. The van der Waals surface area contributed by atoms with Gasteiger partial charge in [0.15, 0.2) is 0 Å². The smallest absolute Gasteiger partial charge is 0.335 e. The summed E-state index contributed by atoms with van der Waals surface area (Å²) in [5.74, 6) is -0.0190. The van der Waals surface area contributed by atoms with E-state index >= 15 is 0 Å². The highest BCUT2D eigenvalue weighted by Crippen LogP contribution is 2.18. The third kappa shape index (κ3) is 3.57. The molecule has 0 aromatic heterocycles. The van der Waals surface area contributed by atoms with E-state index in [0.29, 0.717) is 5.56 Å². The van der Waals surface area contributed by atoms with Crippen molar-refractivity contribution in [3.63, 3.8) is 0 Å². The van der Waals surface area contributed by atoms with Crippen LogP contribution in [0.3, 0.4) is 0 Å². The molecule has 0 radical (unpaired) electrons. The fourth-order valence-corrected chi connectivity index (χ4v) is 2.49. The van der Waals surface area contributed by atoms with Gasteiger partial charge in [0.1, 0.15) is 0 Å². The lowest BCUT2D eigenvalue weighted by Crippen LogP contribution is -2.24. The fraction of sp³-hybridized carbons (Fsp3) is 0.533. The molecule has 18 heavy (non-hydrogen) atoms. The maximum absolute atomic E-state index is 10.8. The predicted octanol–water partition coefficient (Wildman–Crippen LogP) is 3.01. The molecule has 0 spiro atoms. The number of hydrogen-bond acceptors (Lipinski definition) is 2. The second-order valence-corrected chi connectivity index (χ2v) is 5.31. The van der Waals surface area contributed by atoms with Crippen LogP contribution in [0.2, 0.25) is 0 Å². The molecule has 0 saturated carbocycles. The Labute approximate surface area is 108 Å². The third-order valence-corrected chi connectivity index (χ3v) is 3.72. The molecule has 98 valence electrons. The first-order valence-corrected chi connectivity index (χ1v) is 6.70. The second kappa shape index (κ2) is 6.01. The minimum atomic E-state index is -0.856. The van der Waals surface area contributed by atoms with E-state index in [-0.39, 0.29) is 0 Å². The monoisotopic (exact) mass is 247 g/mol. The molecule has 2 rings (SSSR count). The molecule has 1 saturated heterocycles. The van der Waals surface area contributed by atoms with Crippen LogP contribution >= 0.6 is 0 Å². The average Bonchev–Trinajstić information content (AvgIpc) is 2.55. The van der Waals surface area contributed by atoms with Crippen molar-refractivity contribution in [2.45, 2.75) is 32.7 Å². The number of carbonyl (C=O) groups is 1. The zero-order chi connectivity index (χ0) is 13.0. The summed E-state index contributed by atoms with van der Waals surface area (Å²) in [7, 11) is 0. The van der Waals surface area contributed by atoms with Crippen LogP contribution in [0.25, 0.3) is 0 Å². The van der Waals surface area contributed by atoms with Crippen LogP contribution in [0.1, 0.15) is 42.1 Å². The van der Waals surface area contributed by atoms with Crippen molar-refractivity contribution in [1.82, 2.24) is 4.90 Å². The summed E-state index contributed by atoms with van der Waals surface area (Å²) in [4.78, 5) is 13.2. The van der Waals surface area contributed by atoms with Crippen molar-refractivity contribution in [1.29, 1.82) is 0 Å². The van der Waals surface area contributed by atoms with E-state index in [4.69, 9.17) is 5.11 Å². The summed E-state index contributed by atoms with van der Waals surface area (Å²) in [6, 6.07) is 7.24. The number of hydrogen-bond donors (Lipinski definition) is 1. The van der Waals surface area contributed by atoms with Gasteiger partial charge >= 0.3 is 5.97 Å².